The number of hydrogen-bond donors (Lipinski definition) is 1. The van der Waals surface area contributed by atoms with E-state index >= 15 is 0 Å². The topological polar surface area (TPSA) is 76.3 Å². The van der Waals surface area contributed by atoms with Crippen LogP contribution in [0, 0.1) is 5.92 Å². The second kappa shape index (κ2) is 7.71. The lowest BCUT2D eigenvalue weighted by atomic mass is 10.0. The third-order valence-electron chi connectivity index (χ3n) is 3.51. The molecular formula is C14H25N3O2S. The Balaban J connectivity index is 2.47. The maximum atomic E-state index is 12.2. The number of nitrogens with two attached hydrogens (primary N) is 1. The molecule has 0 aliphatic rings. The van der Waals surface area contributed by atoms with Gasteiger partial charge >= 0.3 is 0 Å². The third kappa shape index (κ3) is 5.56. The molecule has 0 saturated carbocycles. The average molecular weight is 299 g/mol. The predicted octanol–water partition coefficient (Wildman–Crippen LogP) is 1.26. The number of hydrogen-bond acceptors (Lipinski definition) is 4. The molecule has 1 atom stereocenters. The van der Waals surface area contributed by atoms with Crippen molar-refractivity contribution >= 4 is 10.0 Å². The Kier molecular flexibility index (Phi) is 6.58. The lowest BCUT2D eigenvalue weighted by Gasteiger charge is -2.21. The van der Waals surface area contributed by atoms with Gasteiger partial charge in [-0.1, -0.05) is 13.8 Å². The van der Waals surface area contributed by atoms with Gasteiger partial charge < -0.3 is 5.73 Å². The number of sulfonamides is 1. The van der Waals surface area contributed by atoms with Gasteiger partial charge in [-0.2, -0.15) is 0 Å². The summed E-state index contributed by atoms with van der Waals surface area (Å²) in [5, 5.41) is 0. The minimum Gasteiger partial charge on any atom is -0.327 e. The quantitative estimate of drug-likeness (QED) is 0.784. The van der Waals surface area contributed by atoms with Crippen molar-refractivity contribution in [3.05, 3.63) is 30.1 Å². The molecule has 1 rings (SSSR count). The largest absolute Gasteiger partial charge is 0.327 e. The molecule has 0 aliphatic heterocycles. The van der Waals surface area contributed by atoms with E-state index in [1.54, 1.807) is 19.4 Å². The van der Waals surface area contributed by atoms with Gasteiger partial charge in [0, 0.05) is 32.0 Å². The van der Waals surface area contributed by atoms with E-state index in [2.05, 4.69) is 4.98 Å². The van der Waals surface area contributed by atoms with Gasteiger partial charge in [0.1, 0.15) is 0 Å². The lowest BCUT2D eigenvalue weighted by molar-refractivity contribution is 0.397. The van der Waals surface area contributed by atoms with Gasteiger partial charge in [-0.15, -0.1) is 0 Å². The van der Waals surface area contributed by atoms with Crippen molar-refractivity contribution in [1.29, 1.82) is 0 Å². The Bertz CT molecular complexity index is 488. The minimum atomic E-state index is -3.22. The van der Waals surface area contributed by atoms with Crippen LogP contribution in [0.2, 0.25) is 0 Å². The second-order valence-corrected chi connectivity index (χ2v) is 7.63. The Morgan fingerprint density at radius 1 is 1.30 bits per heavy atom. The van der Waals surface area contributed by atoms with Crippen molar-refractivity contribution in [3.63, 3.8) is 0 Å². The van der Waals surface area contributed by atoms with Crippen LogP contribution in [0.25, 0.3) is 0 Å². The molecular weight excluding hydrogens is 274 g/mol. The monoisotopic (exact) mass is 299 g/mol. The van der Waals surface area contributed by atoms with Gasteiger partial charge in [-0.25, -0.2) is 12.7 Å². The molecule has 0 radical (unpaired) electrons. The van der Waals surface area contributed by atoms with Crippen molar-refractivity contribution in [2.24, 2.45) is 11.7 Å². The fourth-order valence-corrected chi connectivity index (χ4v) is 2.94. The van der Waals surface area contributed by atoms with Crippen LogP contribution in [0.4, 0.5) is 0 Å². The highest BCUT2D eigenvalue weighted by molar-refractivity contribution is 7.89. The van der Waals surface area contributed by atoms with Crippen LogP contribution in [0.1, 0.15) is 25.8 Å². The molecule has 2 N–H and O–H groups in total. The Morgan fingerprint density at radius 2 is 1.90 bits per heavy atom. The van der Waals surface area contributed by atoms with Gasteiger partial charge in [0.15, 0.2) is 0 Å². The zero-order valence-corrected chi connectivity index (χ0v) is 13.3. The van der Waals surface area contributed by atoms with Crippen LogP contribution in [-0.4, -0.2) is 43.1 Å². The SMILES string of the molecule is CC(C)C(N)CCN(C)S(=O)(=O)CCc1ccncc1. The first kappa shape index (κ1) is 17.1. The molecule has 1 aromatic rings. The first-order chi connectivity index (χ1) is 9.33. The molecule has 0 aliphatic carbocycles. The zero-order chi connectivity index (χ0) is 15.2. The average Bonchev–Trinajstić information content (AvgIpc) is 2.43. The maximum Gasteiger partial charge on any atom is 0.214 e. The summed E-state index contributed by atoms with van der Waals surface area (Å²) in [5.41, 5.74) is 6.93. The molecule has 114 valence electrons. The molecule has 20 heavy (non-hydrogen) atoms. The second-order valence-electron chi connectivity index (χ2n) is 5.44. The number of pyridine rings is 1. The number of nitrogens with zero attached hydrogens (tertiary/aromatic N) is 2. The van der Waals surface area contributed by atoms with Crippen LogP contribution in [0.3, 0.4) is 0 Å². The fraction of sp³-hybridized carbons (Fsp3) is 0.643. The van der Waals surface area contributed by atoms with E-state index in [0.29, 0.717) is 25.3 Å². The molecule has 0 amide bonds. The molecule has 0 aromatic carbocycles. The summed E-state index contributed by atoms with van der Waals surface area (Å²) >= 11 is 0. The van der Waals surface area contributed by atoms with Gasteiger partial charge in [0.2, 0.25) is 10.0 Å². The standard InChI is InChI=1S/C14H25N3O2S/c1-12(2)14(15)6-10-17(3)20(18,19)11-7-13-4-8-16-9-5-13/h4-5,8-9,12,14H,6-7,10-11,15H2,1-3H3. The van der Waals surface area contributed by atoms with E-state index in [4.69, 9.17) is 5.73 Å². The number of aromatic nitrogens is 1. The molecule has 0 saturated heterocycles. The molecule has 0 bridgehead atoms. The molecule has 0 spiro atoms. The Hall–Kier alpha value is -0.980. The molecule has 1 aromatic heterocycles. The Labute approximate surface area is 122 Å². The van der Waals surface area contributed by atoms with Crippen molar-refractivity contribution in [2.75, 3.05) is 19.3 Å². The molecule has 1 unspecified atom stereocenters. The number of aryl methyl sites for hydroxylation is 1. The van der Waals surface area contributed by atoms with Crippen molar-refractivity contribution < 1.29 is 8.42 Å². The van der Waals surface area contributed by atoms with Gasteiger partial charge in [0.25, 0.3) is 0 Å². The molecule has 6 heteroatoms. The van der Waals surface area contributed by atoms with E-state index in [9.17, 15) is 8.42 Å². The van der Waals surface area contributed by atoms with Crippen molar-refractivity contribution in [2.45, 2.75) is 32.7 Å². The number of rotatable bonds is 8. The predicted molar refractivity (Wildman–Crippen MR) is 81.8 cm³/mol. The van der Waals surface area contributed by atoms with Crippen LogP contribution < -0.4 is 5.73 Å². The van der Waals surface area contributed by atoms with E-state index in [1.165, 1.54) is 4.31 Å². The summed E-state index contributed by atoms with van der Waals surface area (Å²) in [4.78, 5) is 3.92. The van der Waals surface area contributed by atoms with Gasteiger partial charge in [0.05, 0.1) is 5.75 Å². The van der Waals surface area contributed by atoms with Gasteiger partial charge in [-0.05, 0) is 36.5 Å². The van der Waals surface area contributed by atoms with Crippen LogP contribution in [-0.2, 0) is 16.4 Å². The third-order valence-corrected chi connectivity index (χ3v) is 5.36. The molecule has 0 fully saturated rings. The minimum absolute atomic E-state index is 0.0350. The lowest BCUT2D eigenvalue weighted by Crippen LogP contribution is -2.36. The first-order valence-corrected chi connectivity index (χ1v) is 8.52. The summed E-state index contributed by atoms with van der Waals surface area (Å²) in [6.07, 6.45) is 4.54. The zero-order valence-electron chi connectivity index (χ0n) is 12.5. The highest BCUT2D eigenvalue weighted by Gasteiger charge is 2.19. The van der Waals surface area contributed by atoms with Crippen LogP contribution >= 0.6 is 0 Å². The summed E-state index contributed by atoms with van der Waals surface area (Å²) in [7, 11) is -1.60. The van der Waals surface area contributed by atoms with Crippen molar-refractivity contribution in [1.82, 2.24) is 9.29 Å². The van der Waals surface area contributed by atoms with Gasteiger partial charge in [-0.3, -0.25) is 4.98 Å². The normalized spacial score (nSPS) is 13.9. The van der Waals surface area contributed by atoms with E-state index in [-0.39, 0.29) is 11.8 Å². The maximum absolute atomic E-state index is 12.2. The molecule has 5 nitrogen and oxygen atoms in total. The van der Waals surface area contributed by atoms with Crippen LogP contribution in [0.15, 0.2) is 24.5 Å². The van der Waals surface area contributed by atoms with Crippen molar-refractivity contribution in [3.8, 4) is 0 Å². The molecule has 1 heterocycles. The summed E-state index contributed by atoms with van der Waals surface area (Å²) < 4.78 is 25.7. The summed E-state index contributed by atoms with van der Waals surface area (Å²) in [5.74, 6) is 0.479. The van der Waals surface area contributed by atoms with E-state index in [1.807, 2.05) is 26.0 Å². The van der Waals surface area contributed by atoms with E-state index in [0.717, 1.165) is 5.56 Å². The summed E-state index contributed by atoms with van der Waals surface area (Å²) in [6.45, 7) is 4.56. The Morgan fingerprint density at radius 3 is 2.45 bits per heavy atom. The first-order valence-electron chi connectivity index (χ1n) is 6.91. The highest BCUT2D eigenvalue weighted by Crippen LogP contribution is 2.08. The van der Waals surface area contributed by atoms with Crippen LogP contribution in [0.5, 0.6) is 0 Å². The smallest absolute Gasteiger partial charge is 0.214 e. The van der Waals surface area contributed by atoms with E-state index < -0.39 is 10.0 Å². The fourth-order valence-electron chi connectivity index (χ4n) is 1.76. The summed E-state index contributed by atoms with van der Waals surface area (Å²) in [6, 6.07) is 3.71. The highest BCUT2D eigenvalue weighted by atomic mass is 32.2.